The topological polar surface area (TPSA) is 91.2 Å². The fourth-order valence-electron chi connectivity index (χ4n) is 3.02. The van der Waals surface area contributed by atoms with E-state index in [-0.39, 0.29) is 6.79 Å². The van der Waals surface area contributed by atoms with Crippen LogP contribution in [0.3, 0.4) is 0 Å². The summed E-state index contributed by atoms with van der Waals surface area (Å²) in [4.78, 5) is 4.58. The number of nitrogens with zero attached hydrogens (tertiary/aromatic N) is 2. The van der Waals surface area contributed by atoms with Gasteiger partial charge in [0.05, 0.1) is 11.1 Å². The molecule has 0 atom stereocenters. The molecule has 7 nitrogen and oxygen atoms in total. The number of pyridine rings is 1. The van der Waals surface area contributed by atoms with Crippen LogP contribution in [-0.2, 0) is 0 Å². The van der Waals surface area contributed by atoms with Gasteiger partial charge in [-0.05, 0) is 49.0 Å². The van der Waals surface area contributed by atoms with Crippen LogP contribution in [0, 0.1) is 11.3 Å². The lowest BCUT2D eigenvalue weighted by Crippen LogP contribution is -2.30. The first-order valence-corrected chi connectivity index (χ1v) is 10.1. The van der Waals surface area contributed by atoms with Crippen molar-refractivity contribution in [3.8, 4) is 17.6 Å². The van der Waals surface area contributed by atoms with Crippen LogP contribution in [0.4, 0.5) is 11.5 Å². The highest BCUT2D eigenvalue weighted by Crippen LogP contribution is 2.36. The molecule has 0 saturated carbocycles. The zero-order valence-electron chi connectivity index (χ0n) is 15.9. The molecule has 152 valence electrons. The van der Waals surface area contributed by atoms with Gasteiger partial charge < -0.3 is 25.4 Å². The molecule has 2 aromatic carbocycles. The van der Waals surface area contributed by atoms with Crippen LogP contribution >= 0.6 is 23.8 Å². The molecule has 30 heavy (non-hydrogen) atoms. The number of thiocarbonyl (C=S) groups is 1. The van der Waals surface area contributed by atoms with Gasteiger partial charge in [0.2, 0.25) is 6.79 Å². The molecule has 0 fully saturated rings. The van der Waals surface area contributed by atoms with Gasteiger partial charge in [-0.15, -0.1) is 0 Å². The Bertz CT molecular complexity index is 1150. The monoisotopic (exact) mass is 439 g/mol. The number of hydrogen-bond donors (Lipinski definition) is 3. The molecule has 0 spiro atoms. The van der Waals surface area contributed by atoms with Gasteiger partial charge >= 0.3 is 0 Å². The summed E-state index contributed by atoms with van der Waals surface area (Å²) in [6.07, 6.45) is 0.781. The maximum absolute atomic E-state index is 9.47. The van der Waals surface area contributed by atoms with Gasteiger partial charge in [-0.3, -0.25) is 0 Å². The predicted molar refractivity (Wildman–Crippen MR) is 121 cm³/mol. The lowest BCUT2D eigenvalue weighted by molar-refractivity contribution is 0.174. The Balaban J connectivity index is 1.31. The smallest absolute Gasteiger partial charge is 0.231 e. The Morgan fingerprint density at radius 1 is 1.17 bits per heavy atom. The first kappa shape index (κ1) is 20.0. The SMILES string of the molecule is N#Cc1cc2cc3c(cc2nc1NCCCNC(=S)Nc1cccc(Cl)c1)OCO3. The number of anilines is 2. The Morgan fingerprint density at radius 3 is 2.80 bits per heavy atom. The standard InChI is InChI=1S/C21H18ClN5O2S/c22-15-3-1-4-16(9-15)26-21(30)25-6-2-5-24-20-14(11-23)7-13-8-18-19(29-12-28-18)10-17(13)27-20/h1,3-4,7-10H,2,5-6,12H2,(H,24,27)(H2,25,26,30). The summed E-state index contributed by atoms with van der Waals surface area (Å²) in [6, 6.07) is 15.0. The molecule has 1 aromatic heterocycles. The quantitative estimate of drug-likeness (QED) is 0.387. The molecule has 9 heteroatoms. The molecule has 0 aliphatic carbocycles. The van der Waals surface area contributed by atoms with Crippen LogP contribution in [0.1, 0.15) is 12.0 Å². The third-order valence-electron chi connectivity index (χ3n) is 4.44. The van der Waals surface area contributed by atoms with E-state index in [1.807, 2.05) is 24.3 Å². The molecular weight excluding hydrogens is 422 g/mol. The number of halogens is 1. The van der Waals surface area contributed by atoms with E-state index in [4.69, 9.17) is 33.3 Å². The van der Waals surface area contributed by atoms with E-state index in [2.05, 4.69) is 27.0 Å². The second-order valence-electron chi connectivity index (χ2n) is 6.57. The zero-order valence-corrected chi connectivity index (χ0v) is 17.4. The fourth-order valence-corrected chi connectivity index (χ4v) is 3.43. The van der Waals surface area contributed by atoms with Crippen molar-refractivity contribution in [1.82, 2.24) is 10.3 Å². The van der Waals surface area contributed by atoms with E-state index >= 15 is 0 Å². The third kappa shape index (κ3) is 4.64. The summed E-state index contributed by atoms with van der Waals surface area (Å²) in [7, 11) is 0. The van der Waals surface area contributed by atoms with Crippen LogP contribution in [0.2, 0.25) is 5.02 Å². The molecule has 0 amide bonds. The van der Waals surface area contributed by atoms with E-state index in [0.717, 1.165) is 23.0 Å². The molecule has 0 bridgehead atoms. The average molecular weight is 440 g/mol. The van der Waals surface area contributed by atoms with E-state index in [1.165, 1.54) is 0 Å². The van der Waals surface area contributed by atoms with Crippen molar-refractivity contribution in [2.75, 3.05) is 30.5 Å². The molecule has 2 heterocycles. The van der Waals surface area contributed by atoms with E-state index in [9.17, 15) is 5.26 Å². The van der Waals surface area contributed by atoms with E-state index < -0.39 is 0 Å². The van der Waals surface area contributed by atoms with Gasteiger partial charge in [-0.2, -0.15) is 5.26 Å². The van der Waals surface area contributed by atoms with Gasteiger partial charge in [0.1, 0.15) is 11.9 Å². The molecule has 3 aromatic rings. The maximum Gasteiger partial charge on any atom is 0.231 e. The zero-order chi connectivity index (χ0) is 20.9. The largest absolute Gasteiger partial charge is 0.454 e. The summed E-state index contributed by atoms with van der Waals surface area (Å²) < 4.78 is 10.8. The maximum atomic E-state index is 9.47. The first-order valence-electron chi connectivity index (χ1n) is 9.31. The van der Waals surface area contributed by atoms with Gasteiger partial charge in [0.25, 0.3) is 0 Å². The van der Waals surface area contributed by atoms with Gasteiger partial charge in [0, 0.05) is 35.3 Å². The van der Waals surface area contributed by atoms with Crippen molar-refractivity contribution >= 4 is 51.3 Å². The number of fused-ring (bicyclic) bond motifs is 2. The third-order valence-corrected chi connectivity index (χ3v) is 4.93. The van der Waals surface area contributed by atoms with Crippen LogP contribution in [0.5, 0.6) is 11.5 Å². The van der Waals surface area contributed by atoms with Crippen molar-refractivity contribution in [3.63, 3.8) is 0 Å². The lowest BCUT2D eigenvalue weighted by Gasteiger charge is -2.12. The summed E-state index contributed by atoms with van der Waals surface area (Å²) in [5.41, 5.74) is 2.05. The molecule has 4 rings (SSSR count). The molecule has 0 unspecified atom stereocenters. The minimum Gasteiger partial charge on any atom is -0.454 e. The number of hydrogen-bond acceptors (Lipinski definition) is 6. The molecule has 0 radical (unpaired) electrons. The molecule has 1 aliphatic heterocycles. The minimum absolute atomic E-state index is 0.197. The summed E-state index contributed by atoms with van der Waals surface area (Å²) in [6.45, 7) is 1.49. The van der Waals surface area contributed by atoms with Crippen molar-refractivity contribution in [3.05, 3.63) is 53.1 Å². The number of aromatic nitrogens is 1. The number of benzene rings is 2. The molecule has 3 N–H and O–H groups in total. The van der Waals surface area contributed by atoms with Crippen molar-refractivity contribution in [2.45, 2.75) is 6.42 Å². The normalized spacial score (nSPS) is 11.7. The Morgan fingerprint density at radius 2 is 2.00 bits per heavy atom. The van der Waals surface area contributed by atoms with Crippen LogP contribution in [0.25, 0.3) is 10.9 Å². The fraction of sp³-hybridized carbons (Fsp3) is 0.190. The Labute approximate surface area is 184 Å². The second kappa shape index (κ2) is 9.03. The molecular formula is C21H18ClN5O2S. The minimum atomic E-state index is 0.197. The Hall–Kier alpha value is -3.28. The van der Waals surface area contributed by atoms with Crippen molar-refractivity contribution < 1.29 is 9.47 Å². The van der Waals surface area contributed by atoms with Crippen LogP contribution < -0.4 is 25.4 Å². The van der Waals surface area contributed by atoms with E-state index in [0.29, 0.717) is 46.1 Å². The van der Waals surface area contributed by atoms with Crippen molar-refractivity contribution in [1.29, 1.82) is 5.26 Å². The number of nitriles is 1. The highest BCUT2D eigenvalue weighted by molar-refractivity contribution is 7.80. The number of rotatable bonds is 6. The second-order valence-corrected chi connectivity index (χ2v) is 7.41. The molecule has 1 aliphatic rings. The van der Waals surface area contributed by atoms with Crippen molar-refractivity contribution in [2.24, 2.45) is 0 Å². The van der Waals surface area contributed by atoms with Gasteiger partial charge in [0.15, 0.2) is 16.6 Å². The molecule has 0 saturated heterocycles. The number of nitrogens with one attached hydrogen (secondary N) is 3. The first-order chi connectivity index (χ1) is 14.6. The van der Waals surface area contributed by atoms with Crippen LogP contribution in [0.15, 0.2) is 42.5 Å². The Kier molecular flexibility index (Phi) is 6.02. The average Bonchev–Trinajstić information content (AvgIpc) is 3.18. The summed E-state index contributed by atoms with van der Waals surface area (Å²) in [5, 5.41) is 20.9. The van der Waals surface area contributed by atoms with E-state index in [1.54, 1.807) is 18.2 Å². The van der Waals surface area contributed by atoms with Crippen LogP contribution in [-0.4, -0.2) is 30.0 Å². The lowest BCUT2D eigenvalue weighted by atomic mass is 10.1. The summed E-state index contributed by atoms with van der Waals surface area (Å²) >= 11 is 11.3. The number of ether oxygens (including phenoxy) is 2. The van der Waals surface area contributed by atoms with Gasteiger partial charge in [-0.25, -0.2) is 4.98 Å². The summed E-state index contributed by atoms with van der Waals surface area (Å²) in [5.74, 6) is 1.88. The predicted octanol–water partition coefficient (Wildman–Crippen LogP) is 4.28. The highest BCUT2D eigenvalue weighted by Gasteiger charge is 2.16. The highest BCUT2D eigenvalue weighted by atomic mass is 35.5. The van der Waals surface area contributed by atoms with Gasteiger partial charge in [-0.1, -0.05) is 17.7 Å².